The topological polar surface area (TPSA) is 39.7 Å². The van der Waals surface area contributed by atoms with Gasteiger partial charge in [0.05, 0.1) is 0 Å². The number of guanidine groups is 1. The number of unbranched alkanes of at least 4 members (excludes halogenated alkanes) is 1. The maximum atomic E-state index is 4.79. The van der Waals surface area contributed by atoms with Crippen molar-refractivity contribution in [1.82, 2.24) is 15.5 Å². The van der Waals surface area contributed by atoms with Crippen molar-refractivity contribution in [2.24, 2.45) is 10.9 Å². The summed E-state index contributed by atoms with van der Waals surface area (Å²) in [4.78, 5) is 7.33. The van der Waals surface area contributed by atoms with Crippen LogP contribution in [0.25, 0.3) is 0 Å². The van der Waals surface area contributed by atoms with Crippen molar-refractivity contribution in [2.45, 2.75) is 39.5 Å². The van der Waals surface area contributed by atoms with Crippen LogP contribution in [0.2, 0.25) is 0 Å². The molecule has 0 aromatic carbocycles. The molecule has 5 heteroatoms. The molecule has 0 aromatic heterocycles. The number of hydrogen-bond acceptors (Lipinski definition) is 3. The van der Waals surface area contributed by atoms with Gasteiger partial charge in [0.25, 0.3) is 0 Å². The number of piperidine rings is 1. The standard InChI is InChI=1S/C16H34N4S/c1-4-17-16(18-10-6-7-12-21-3)19-13-15-9-8-11-20(5-2)14-15/h15H,4-14H2,1-3H3,(H2,17,18,19). The molecule has 1 heterocycles. The second-order valence-electron chi connectivity index (χ2n) is 5.75. The Kier molecular flexibility index (Phi) is 10.8. The average Bonchev–Trinajstić information content (AvgIpc) is 2.52. The average molecular weight is 315 g/mol. The largest absolute Gasteiger partial charge is 0.357 e. The summed E-state index contributed by atoms with van der Waals surface area (Å²) in [5.74, 6) is 2.98. The second-order valence-corrected chi connectivity index (χ2v) is 6.73. The van der Waals surface area contributed by atoms with E-state index >= 15 is 0 Å². The minimum absolute atomic E-state index is 0.727. The molecule has 21 heavy (non-hydrogen) atoms. The van der Waals surface area contributed by atoms with Crippen LogP contribution < -0.4 is 10.6 Å². The van der Waals surface area contributed by atoms with Crippen molar-refractivity contribution < 1.29 is 0 Å². The van der Waals surface area contributed by atoms with E-state index in [0.717, 1.165) is 31.5 Å². The summed E-state index contributed by atoms with van der Waals surface area (Å²) in [6, 6.07) is 0. The highest BCUT2D eigenvalue weighted by atomic mass is 32.2. The zero-order chi connectivity index (χ0) is 15.3. The molecule has 0 saturated carbocycles. The lowest BCUT2D eigenvalue weighted by Gasteiger charge is -2.31. The van der Waals surface area contributed by atoms with Gasteiger partial charge < -0.3 is 15.5 Å². The number of rotatable bonds is 9. The highest BCUT2D eigenvalue weighted by Gasteiger charge is 2.18. The van der Waals surface area contributed by atoms with Crippen LogP contribution in [0, 0.1) is 5.92 Å². The van der Waals surface area contributed by atoms with Crippen LogP contribution in [0.4, 0.5) is 0 Å². The number of thioether (sulfide) groups is 1. The zero-order valence-electron chi connectivity index (χ0n) is 14.2. The molecule has 1 rings (SSSR count). The number of likely N-dealkylation sites (tertiary alicyclic amines) is 1. The number of nitrogens with zero attached hydrogens (tertiary/aromatic N) is 2. The first-order valence-electron chi connectivity index (χ1n) is 8.53. The van der Waals surface area contributed by atoms with Crippen molar-refractivity contribution in [1.29, 1.82) is 0 Å². The summed E-state index contributed by atoms with van der Waals surface area (Å²) in [5.41, 5.74) is 0. The second kappa shape index (κ2) is 12.2. The molecule has 1 aliphatic rings. The lowest BCUT2D eigenvalue weighted by atomic mass is 9.98. The maximum absolute atomic E-state index is 4.79. The van der Waals surface area contributed by atoms with Crippen LogP contribution in [0.15, 0.2) is 4.99 Å². The van der Waals surface area contributed by atoms with Gasteiger partial charge in [-0.2, -0.15) is 11.8 Å². The van der Waals surface area contributed by atoms with Crippen LogP contribution >= 0.6 is 11.8 Å². The maximum Gasteiger partial charge on any atom is 0.191 e. The van der Waals surface area contributed by atoms with E-state index in [1.807, 2.05) is 11.8 Å². The molecule has 2 N–H and O–H groups in total. The van der Waals surface area contributed by atoms with Crippen LogP contribution in [0.5, 0.6) is 0 Å². The molecule has 0 aromatic rings. The Balaban J connectivity index is 2.29. The van der Waals surface area contributed by atoms with Crippen molar-refractivity contribution in [3.05, 3.63) is 0 Å². The quantitative estimate of drug-likeness (QED) is 0.389. The summed E-state index contributed by atoms with van der Waals surface area (Å²) in [5, 5.41) is 6.82. The van der Waals surface area contributed by atoms with Crippen molar-refractivity contribution in [2.75, 3.05) is 51.3 Å². The first-order valence-corrected chi connectivity index (χ1v) is 9.93. The summed E-state index contributed by atoms with van der Waals surface area (Å²) < 4.78 is 0. The van der Waals surface area contributed by atoms with Gasteiger partial charge in [0.2, 0.25) is 0 Å². The molecule has 1 saturated heterocycles. The Bertz CT molecular complexity index is 283. The Morgan fingerprint density at radius 3 is 2.86 bits per heavy atom. The lowest BCUT2D eigenvalue weighted by Crippen LogP contribution is -2.40. The SMILES string of the molecule is CCNC(=NCC1CCCN(CC)C1)NCCCCSC. The van der Waals surface area contributed by atoms with Gasteiger partial charge in [0.1, 0.15) is 0 Å². The fourth-order valence-corrected chi connectivity index (χ4v) is 3.22. The Morgan fingerprint density at radius 1 is 1.29 bits per heavy atom. The van der Waals surface area contributed by atoms with Gasteiger partial charge in [-0.15, -0.1) is 0 Å². The molecule has 1 unspecified atom stereocenters. The van der Waals surface area contributed by atoms with Crippen molar-refractivity contribution >= 4 is 17.7 Å². The molecule has 4 nitrogen and oxygen atoms in total. The van der Waals surface area contributed by atoms with E-state index in [0.29, 0.717) is 0 Å². The molecule has 0 bridgehead atoms. The molecule has 1 aliphatic heterocycles. The Labute approximate surface area is 135 Å². The van der Waals surface area contributed by atoms with E-state index in [1.165, 1.54) is 51.1 Å². The fourth-order valence-electron chi connectivity index (χ4n) is 2.73. The number of hydrogen-bond donors (Lipinski definition) is 2. The molecular weight excluding hydrogens is 280 g/mol. The highest BCUT2D eigenvalue weighted by Crippen LogP contribution is 2.16. The van der Waals surface area contributed by atoms with Crippen molar-refractivity contribution in [3.8, 4) is 0 Å². The predicted octanol–water partition coefficient (Wildman–Crippen LogP) is 2.42. The summed E-state index contributed by atoms with van der Waals surface area (Å²) >= 11 is 1.92. The van der Waals surface area contributed by atoms with Gasteiger partial charge in [-0.3, -0.25) is 4.99 Å². The van der Waals surface area contributed by atoms with Gasteiger partial charge in [0, 0.05) is 26.2 Å². The summed E-state index contributed by atoms with van der Waals surface area (Å²) in [6.07, 6.45) is 7.32. The first kappa shape index (κ1) is 18.6. The smallest absolute Gasteiger partial charge is 0.191 e. The van der Waals surface area contributed by atoms with E-state index in [9.17, 15) is 0 Å². The third kappa shape index (κ3) is 8.57. The van der Waals surface area contributed by atoms with Crippen LogP contribution in [-0.4, -0.2) is 62.1 Å². The minimum atomic E-state index is 0.727. The van der Waals surface area contributed by atoms with Gasteiger partial charge in [-0.25, -0.2) is 0 Å². The first-order chi connectivity index (χ1) is 10.3. The summed E-state index contributed by atoms with van der Waals surface area (Å²) in [6.45, 7) is 11.0. The highest BCUT2D eigenvalue weighted by molar-refractivity contribution is 7.98. The normalized spacial score (nSPS) is 20.5. The molecule has 0 spiro atoms. The Hall–Kier alpha value is -0.420. The molecule has 1 fully saturated rings. The number of aliphatic imine (C=N–C) groups is 1. The zero-order valence-corrected chi connectivity index (χ0v) is 15.0. The van der Waals surface area contributed by atoms with Crippen molar-refractivity contribution in [3.63, 3.8) is 0 Å². The molecule has 1 atom stereocenters. The third-order valence-electron chi connectivity index (χ3n) is 3.97. The molecule has 124 valence electrons. The van der Waals surface area contributed by atoms with E-state index in [-0.39, 0.29) is 0 Å². The molecule has 0 amide bonds. The van der Waals surface area contributed by atoms with E-state index in [1.54, 1.807) is 0 Å². The predicted molar refractivity (Wildman–Crippen MR) is 96.4 cm³/mol. The lowest BCUT2D eigenvalue weighted by molar-refractivity contribution is 0.186. The van der Waals surface area contributed by atoms with Crippen LogP contribution in [0.3, 0.4) is 0 Å². The van der Waals surface area contributed by atoms with Gasteiger partial charge in [-0.1, -0.05) is 6.92 Å². The van der Waals surface area contributed by atoms with Crippen LogP contribution in [0.1, 0.15) is 39.5 Å². The fraction of sp³-hybridized carbons (Fsp3) is 0.938. The third-order valence-corrected chi connectivity index (χ3v) is 4.67. The summed E-state index contributed by atoms with van der Waals surface area (Å²) in [7, 11) is 0. The van der Waals surface area contributed by atoms with Gasteiger partial charge >= 0.3 is 0 Å². The Morgan fingerprint density at radius 2 is 2.14 bits per heavy atom. The van der Waals surface area contributed by atoms with E-state index in [4.69, 9.17) is 4.99 Å². The molecular formula is C16H34N4S. The van der Waals surface area contributed by atoms with Gasteiger partial charge in [-0.05, 0) is 63.6 Å². The van der Waals surface area contributed by atoms with Gasteiger partial charge in [0.15, 0.2) is 5.96 Å². The minimum Gasteiger partial charge on any atom is -0.357 e. The van der Waals surface area contributed by atoms with Crippen LogP contribution in [-0.2, 0) is 0 Å². The molecule has 0 aliphatic carbocycles. The van der Waals surface area contributed by atoms with E-state index < -0.39 is 0 Å². The van der Waals surface area contributed by atoms with E-state index in [2.05, 4.69) is 35.6 Å². The molecule has 0 radical (unpaired) electrons. The monoisotopic (exact) mass is 314 g/mol. The number of nitrogens with one attached hydrogen (secondary N) is 2.